The summed E-state index contributed by atoms with van der Waals surface area (Å²) in [5.74, 6) is 0. The molecule has 2 heteroatoms. The van der Waals surface area contributed by atoms with Crippen molar-refractivity contribution in [2.45, 2.75) is 18.9 Å². The van der Waals surface area contributed by atoms with Gasteiger partial charge in [0.05, 0.1) is 5.60 Å². The van der Waals surface area contributed by atoms with Crippen LogP contribution in [0.15, 0.2) is 24.1 Å². The van der Waals surface area contributed by atoms with Crippen molar-refractivity contribution in [3.05, 3.63) is 24.1 Å². The van der Waals surface area contributed by atoms with Crippen LogP contribution in [-0.4, -0.2) is 17.0 Å². The van der Waals surface area contributed by atoms with Gasteiger partial charge in [-0.3, -0.25) is 0 Å². The van der Waals surface area contributed by atoms with Gasteiger partial charge >= 0.3 is 0 Å². The molecule has 10 heavy (non-hydrogen) atoms. The molecule has 0 aromatic heterocycles. The summed E-state index contributed by atoms with van der Waals surface area (Å²) in [7, 11) is 0. The van der Waals surface area contributed by atoms with Gasteiger partial charge in [-0.05, 0) is 25.0 Å². The smallest absolute Gasteiger partial charge is 0.0831 e. The maximum absolute atomic E-state index is 9.37. The summed E-state index contributed by atoms with van der Waals surface area (Å²) in [5, 5.41) is 11.3. The van der Waals surface area contributed by atoms with Crippen LogP contribution in [0.2, 0.25) is 0 Å². The van der Waals surface area contributed by atoms with Gasteiger partial charge in [0, 0.05) is 0 Å². The van der Waals surface area contributed by atoms with E-state index in [0.717, 1.165) is 0 Å². The largest absolute Gasteiger partial charge is 0.386 e. The Morgan fingerprint density at radius 2 is 2.30 bits per heavy atom. The molecule has 0 spiro atoms. The highest BCUT2D eigenvalue weighted by molar-refractivity contribution is 8.01. The lowest BCUT2D eigenvalue weighted by molar-refractivity contribution is 0.116. The lowest BCUT2D eigenvalue weighted by Gasteiger charge is -2.14. The Kier molecular flexibility index (Phi) is 4.49. The van der Waals surface area contributed by atoms with Crippen LogP contribution in [0.3, 0.4) is 0 Å². The molecule has 0 aromatic rings. The monoisotopic (exact) mass is 158 g/mol. The van der Waals surface area contributed by atoms with E-state index in [2.05, 4.69) is 6.58 Å². The minimum Gasteiger partial charge on any atom is -0.386 e. The predicted octanol–water partition coefficient (Wildman–Crippen LogP) is 2.19. The quantitative estimate of drug-likeness (QED) is 0.633. The summed E-state index contributed by atoms with van der Waals surface area (Å²) in [4.78, 5) is 0. The van der Waals surface area contributed by atoms with Gasteiger partial charge in [-0.2, -0.15) is 0 Å². The standard InChI is InChI=1S/C8H14OS/c1-4-8(2,9)6-5-7-10-3/h4-5,7,9H,1,6H2,2-3H3/b7-5+. The second-order valence-corrected chi connectivity index (χ2v) is 3.12. The number of hydrogen-bond donors (Lipinski definition) is 1. The van der Waals surface area contributed by atoms with Crippen molar-refractivity contribution in [2.24, 2.45) is 0 Å². The Labute approximate surface area is 66.8 Å². The number of aliphatic hydroxyl groups is 1. The van der Waals surface area contributed by atoms with E-state index in [1.54, 1.807) is 24.8 Å². The van der Waals surface area contributed by atoms with Gasteiger partial charge < -0.3 is 5.11 Å². The van der Waals surface area contributed by atoms with Crippen LogP contribution in [0, 0.1) is 0 Å². The zero-order valence-corrected chi connectivity index (χ0v) is 7.32. The Bertz CT molecular complexity index is 127. The first-order valence-corrected chi connectivity index (χ1v) is 4.45. The third-order valence-corrected chi connectivity index (χ3v) is 1.67. The molecule has 0 fully saturated rings. The Balaban J connectivity index is 3.66. The van der Waals surface area contributed by atoms with Gasteiger partial charge in [-0.15, -0.1) is 18.3 Å². The van der Waals surface area contributed by atoms with Crippen LogP contribution in [0.4, 0.5) is 0 Å². The average molecular weight is 158 g/mol. The predicted molar refractivity (Wildman–Crippen MR) is 48.1 cm³/mol. The van der Waals surface area contributed by atoms with Crippen molar-refractivity contribution in [1.29, 1.82) is 0 Å². The SMILES string of the molecule is C=CC(C)(O)C/C=C/SC. The molecule has 1 nitrogen and oxygen atoms in total. The molecule has 1 N–H and O–H groups in total. The van der Waals surface area contributed by atoms with Crippen molar-refractivity contribution in [1.82, 2.24) is 0 Å². The van der Waals surface area contributed by atoms with Gasteiger partial charge in [0.15, 0.2) is 0 Å². The van der Waals surface area contributed by atoms with Crippen LogP contribution < -0.4 is 0 Å². The number of hydrogen-bond acceptors (Lipinski definition) is 2. The molecule has 0 aliphatic heterocycles. The van der Waals surface area contributed by atoms with Gasteiger partial charge in [0.1, 0.15) is 0 Å². The van der Waals surface area contributed by atoms with Crippen LogP contribution in [0.5, 0.6) is 0 Å². The molecule has 0 bridgehead atoms. The molecule has 0 rings (SSSR count). The molecule has 0 aromatic carbocycles. The van der Waals surface area contributed by atoms with E-state index in [9.17, 15) is 5.11 Å². The van der Waals surface area contributed by atoms with Crippen LogP contribution in [0.1, 0.15) is 13.3 Å². The molecule has 0 aliphatic rings. The van der Waals surface area contributed by atoms with E-state index in [1.807, 2.05) is 17.7 Å². The molecule has 58 valence electrons. The first-order valence-electron chi connectivity index (χ1n) is 3.16. The van der Waals surface area contributed by atoms with Crippen molar-refractivity contribution in [2.75, 3.05) is 6.26 Å². The second kappa shape index (κ2) is 4.58. The van der Waals surface area contributed by atoms with E-state index in [4.69, 9.17) is 0 Å². The molecular weight excluding hydrogens is 144 g/mol. The Morgan fingerprint density at radius 3 is 2.70 bits per heavy atom. The minimum atomic E-state index is -0.744. The highest BCUT2D eigenvalue weighted by Crippen LogP contribution is 2.11. The van der Waals surface area contributed by atoms with Crippen LogP contribution in [-0.2, 0) is 0 Å². The van der Waals surface area contributed by atoms with E-state index in [1.165, 1.54) is 0 Å². The highest BCUT2D eigenvalue weighted by atomic mass is 32.2. The molecule has 0 radical (unpaired) electrons. The zero-order valence-electron chi connectivity index (χ0n) is 6.50. The van der Waals surface area contributed by atoms with Gasteiger partial charge in [-0.25, -0.2) is 0 Å². The summed E-state index contributed by atoms with van der Waals surface area (Å²) >= 11 is 1.63. The molecule has 0 amide bonds. The summed E-state index contributed by atoms with van der Waals surface area (Å²) in [6, 6.07) is 0. The van der Waals surface area contributed by atoms with Gasteiger partial charge in [0.2, 0.25) is 0 Å². The molecule has 0 saturated heterocycles. The fourth-order valence-corrected chi connectivity index (χ4v) is 0.755. The fraction of sp³-hybridized carbons (Fsp3) is 0.500. The molecule has 1 atom stereocenters. The van der Waals surface area contributed by atoms with E-state index in [0.29, 0.717) is 6.42 Å². The van der Waals surface area contributed by atoms with E-state index in [-0.39, 0.29) is 0 Å². The van der Waals surface area contributed by atoms with Crippen molar-refractivity contribution >= 4 is 11.8 Å². The normalized spacial score (nSPS) is 17.1. The third kappa shape index (κ3) is 4.65. The van der Waals surface area contributed by atoms with Crippen LogP contribution >= 0.6 is 11.8 Å². The summed E-state index contributed by atoms with van der Waals surface area (Å²) in [5.41, 5.74) is -0.744. The van der Waals surface area contributed by atoms with E-state index < -0.39 is 5.60 Å². The number of thioether (sulfide) groups is 1. The van der Waals surface area contributed by atoms with Crippen molar-refractivity contribution < 1.29 is 5.11 Å². The Morgan fingerprint density at radius 1 is 1.70 bits per heavy atom. The zero-order chi connectivity index (χ0) is 8.04. The molecule has 1 unspecified atom stereocenters. The Hall–Kier alpha value is -0.210. The van der Waals surface area contributed by atoms with Crippen molar-refractivity contribution in [3.63, 3.8) is 0 Å². The topological polar surface area (TPSA) is 20.2 Å². The maximum Gasteiger partial charge on any atom is 0.0831 e. The fourth-order valence-electron chi connectivity index (χ4n) is 0.466. The molecule has 0 aliphatic carbocycles. The van der Waals surface area contributed by atoms with E-state index >= 15 is 0 Å². The molecular formula is C8H14OS. The van der Waals surface area contributed by atoms with Crippen molar-refractivity contribution in [3.8, 4) is 0 Å². The van der Waals surface area contributed by atoms with Gasteiger partial charge in [0.25, 0.3) is 0 Å². The average Bonchev–Trinajstić information content (AvgIpc) is 1.89. The number of rotatable bonds is 4. The maximum atomic E-state index is 9.37. The molecule has 0 heterocycles. The minimum absolute atomic E-state index is 0.636. The molecule has 0 saturated carbocycles. The lowest BCUT2D eigenvalue weighted by atomic mass is 10.0. The summed E-state index contributed by atoms with van der Waals surface area (Å²) in [6.07, 6.45) is 6.11. The summed E-state index contributed by atoms with van der Waals surface area (Å²) < 4.78 is 0. The van der Waals surface area contributed by atoms with Crippen LogP contribution in [0.25, 0.3) is 0 Å². The highest BCUT2D eigenvalue weighted by Gasteiger charge is 2.11. The van der Waals surface area contributed by atoms with Gasteiger partial charge in [-0.1, -0.05) is 12.2 Å². The first kappa shape index (κ1) is 9.79. The lowest BCUT2D eigenvalue weighted by Crippen LogP contribution is -2.18. The third-order valence-electron chi connectivity index (χ3n) is 1.20. The first-order chi connectivity index (χ1) is 4.62. The second-order valence-electron chi connectivity index (χ2n) is 2.37. The summed E-state index contributed by atoms with van der Waals surface area (Å²) in [6.45, 7) is 5.26.